The van der Waals surface area contributed by atoms with Gasteiger partial charge in [0.1, 0.15) is 12.4 Å². The molecule has 0 spiro atoms. The van der Waals surface area contributed by atoms with Crippen LogP contribution >= 0.6 is 12.4 Å². The van der Waals surface area contributed by atoms with Crippen LogP contribution in [0.25, 0.3) is 11.1 Å². The maximum Gasteiger partial charge on any atom is 0.248 e. The van der Waals surface area contributed by atoms with Crippen molar-refractivity contribution >= 4 is 18.3 Å². The summed E-state index contributed by atoms with van der Waals surface area (Å²) in [6, 6.07) is 15.2. The van der Waals surface area contributed by atoms with Gasteiger partial charge in [0, 0.05) is 12.1 Å². The van der Waals surface area contributed by atoms with Crippen molar-refractivity contribution in [3.05, 3.63) is 54.1 Å². The average molecular weight is 363 g/mol. The SMILES string of the molecule is CC(C)CCNCCOc1cccc(-c2cccc(C(N)=O)c2)c1.Cl. The molecule has 0 aromatic heterocycles. The summed E-state index contributed by atoms with van der Waals surface area (Å²) in [7, 11) is 0. The Labute approximate surface area is 156 Å². The van der Waals surface area contributed by atoms with Crippen molar-refractivity contribution in [1.29, 1.82) is 0 Å². The summed E-state index contributed by atoms with van der Waals surface area (Å²) in [6.45, 7) is 6.91. The number of carbonyl (C=O) groups is 1. The van der Waals surface area contributed by atoms with Crippen LogP contribution in [0.1, 0.15) is 30.6 Å². The monoisotopic (exact) mass is 362 g/mol. The van der Waals surface area contributed by atoms with Gasteiger partial charge in [-0.3, -0.25) is 4.79 Å². The van der Waals surface area contributed by atoms with E-state index in [1.165, 1.54) is 6.42 Å². The number of rotatable bonds is 9. The third-order valence-corrected chi connectivity index (χ3v) is 3.76. The fraction of sp³-hybridized carbons (Fsp3) is 0.350. The fourth-order valence-corrected chi connectivity index (χ4v) is 2.37. The predicted molar refractivity (Wildman–Crippen MR) is 105 cm³/mol. The lowest BCUT2D eigenvalue weighted by Crippen LogP contribution is -2.23. The van der Waals surface area contributed by atoms with E-state index in [1.807, 2.05) is 36.4 Å². The molecule has 136 valence electrons. The molecule has 1 amide bonds. The Bertz CT molecular complexity index is 674. The van der Waals surface area contributed by atoms with Gasteiger partial charge in [-0.1, -0.05) is 38.1 Å². The minimum absolute atomic E-state index is 0. The van der Waals surface area contributed by atoms with Gasteiger partial charge in [-0.05, 0) is 54.3 Å². The Balaban J connectivity index is 0.00000312. The zero-order chi connectivity index (χ0) is 17.4. The highest BCUT2D eigenvalue weighted by Crippen LogP contribution is 2.24. The summed E-state index contributed by atoms with van der Waals surface area (Å²) in [5, 5.41) is 3.38. The number of halogens is 1. The quantitative estimate of drug-likeness (QED) is 0.665. The third kappa shape index (κ3) is 7.16. The minimum atomic E-state index is -0.420. The van der Waals surface area contributed by atoms with E-state index in [0.29, 0.717) is 18.1 Å². The van der Waals surface area contributed by atoms with Crippen LogP contribution in [0.3, 0.4) is 0 Å². The summed E-state index contributed by atoms with van der Waals surface area (Å²) < 4.78 is 5.80. The molecule has 5 heteroatoms. The number of benzene rings is 2. The summed E-state index contributed by atoms with van der Waals surface area (Å²) >= 11 is 0. The van der Waals surface area contributed by atoms with Crippen molar-refractivity contribution in [2.24, 2.45) is 11.7 Å². The van der Waals surface area contributed by atoms with Gasteiger partial charge in [-0.15, -0.1) is 12.4 Å². The molecule has 3 N–H and O–H groups in total. The van der Waals surface area contributed by atoms with Crippen molar-refractivity contribution < 1.29 is 9.53 Å². The number of amides is 1. The van der Waals surface area contributed by atoms with Gasteiger partial charge in [-0.25, -0.2) is 0 Å². The highest BCUT2D eigenvalue weighted by atomic mass is 35.5. The van der Waals surface area contributed by atoms with Crippen LogP contribution in [0.5, 0.6) is 5.75 Å². The van der Waals surface area contributed by atoms with Crippen LogP contribution in [0.15, 0.2) is 48.5 Å². The van der Waals surface area contributed by atoms with Crippen LogP contribution in [0.4, 0.5) is 0 Å². The minimum Gasteiger partial charge on any atom is -0.492 e. The molecule has 2 aromatic rings. The second-order valence-corrected chi connectivity index (χ2v) is 6.25. The van der Waals surface area contributed by atoms with Crippen molar-refractivity contribution in [3.8, 4) is 16.9 Å². The van der Waals surface area contributed by atoms with Crippen molar-refractivity contribution in [1.82, 2.24) is 5.32 Å². The molecule has 2 aromatic carbocycles. The Morgan fingerprint density at radius 1 is 1.08 bits per heavy atom. The van der Waals surface area contributed by atoms with Gasteiger partial charge in [0.15, 0.2) is 0 Å². The van der Waals surface area contributed by atoms with Gasteiger partial charge in [-0.2, -0.15) is 0 Å². The standard InChI is InChI=1S/C20H26N2O2.ClH/c1-15(2)9-10-22-11-12-24-19-8-4-6-17(14-19)16-5-3-7-18(13-16)20(21)23;/h3-8,13-15,22H,9-12H2,1-2H3,(H2,21,23);1H. The topological polar surface area (TPSA) is 64.3 Å². The molecule has 0 atom stereocenters. The van der Waals surface area contributed by atoms with Crippen molar-refractivity contribution in [3.63, 3.8) is 0 Å². The third-order valence-electron chi connectivity index (χ3n) is 3.76. The zero-order valence-corrected chi connectivity index (χ0v) is 15.6. The summed E-state index contributed by atoms with van der Waals surface area (Å²) in [5.74, 6) is 1.12. The maximum atomic E-state index is 11.3. The van der Waals surface area contributed by atoms with E-state index in [1.54, 1.807) is 12.1 Å². The highest BCUT2D eigenvalue weighted by molar-refractivity contribution is 5.94. The number of hydrogen-bond donors (Lipinski definition) is 2. The average Bonchev–Trinajstić information content (AvgIpc) is 2.58. The molecule has 0 bridgehead atoms. The van der Waals surface area contributed by atoms with Crippen molar-refractivity contribution in [2.75, 3.05) is 19.7 Å². The fourth-order valence-electron chi connectivity index (χ4n) is 2.37. The molecule has 0 heterocycles. The molecule has 25 heavy (non-hydrogen) atoms. The number of carbonyl (C=O) groups excluding carboxylic acids is 1. The van der Waals surface area contributed by atoms with E-state index in [0.717, 1.165) is 30.0 Å². The molecule has 0 aliphatic carbocycles. The molecule has 0 unspecified atom stereocenters. The van der Waals surface area contributed by atoms with E-state index < -0.39 is 5.91 Å². The van der Waals surface area contributed by atoms with Crippen LogP contribution in [-0.4, -0.2) is 25.6 Å². The summed E-state index contributed by atoms with van der Waals surface area (Å²) in [5.41, 5.74) is 7.81. The smallest absolute Gasteiger partial charge is 0.248 e. The second kappa shape index (κ2) is 10.7. The number of hydrogen-bond acceptors (Lipinski definition) is 3. The molecule has 0 aliphatic heterocycles. The summed E-state index contributed by atoms with van der Waals surface area (Å²) in [4.78, 5) is 11.3. The largest absolute Gasteiger partial charge is 0.492 e. The Kier molecular flexibility index (Phi) is 9.03. The van der Waals surface area contributed by atoms with E-state index in [9.17, 15) is 4.79 Å². The van der Waals surface area contributed by atoms with Crippen LogP contribution in [0, 0.1) is 5.92 Å². The number of nitrogens with two attached hydrogens (primary N) is 1. The first kappa shape index (κ1) is 21.0. The van der Waals surface area contributed by atoms with Gasteiger partial charge < -0.3 is 15.8 Å². The normalized spacial score (nSPS) is 10.4. The molecule has 0 aliphatic rings. The van der Waals surface area contributed by atoms with Crippen LogP contribution in [0.2, 0.25) is 0 Å². The Hall–Kier alpha value is -2.04. The molecular weight excluding hydrogens is 336 g/mol. The first-order valence-corrected chi connectivity index (χ1v) is 8.40. The molecule has 4 nitrogen and oxygen atoms in total. The number of nitrogens with one attached hydrogen (secondary N) is 1. The predicted octanol–water partition coefficient (Wildman–Crippen LogP) is 3.89. The van der Waals surface area contributed by atoms with Crippen LogP contribution in [-0.2, 0) is 0 Å². The van der Waals surface area contributed by atoms with Gasteiger partial charge in [0.25, 0.3) is 0 Å². The Morgan fingerprint density at radius 2 is 1.76 bits per heavy atom. The van der Waals surface area contributed by atoms with Gasteiger partial charge in [0.05, 0.1) is 0 Å². The van der Waals surface area contributed by atoms with E-state index in [2.05, 4.69) is 19.2 Å². The first-order chi connectivity index (χ1) is 11.6. The molecule has 0 fully saturated rings. The van der Waals surface area contributed by atoms with Crippen molar-refractivity contribution in [2.45, 2.75) is 20.3 Å². The molecule has 0 radical (unpaired) electrons. The van der Waals surface area contributed by atoms with E-state index in [-0.39, 0.29) is 12.4 Å². The van der Waals surface area contributed by atoms with Crippen LogP contribution < -0.4 is 15.8 Å². The van der Waals surface area contributed by atoms with E-state index in [4.69, 9.17) is 10.5 Å². The number of ether oxygens (including phenoxy) is 1. The lowest BCUT2D eigenvalue weighted by Gasteiger charge is -2.10. The second-order valence-electron chi connectivity index (χ2n) is 6.25. The molecule has 2 rings (SSSR count). The number of primary amides is 1. The zero-order valence-electron chi connectivity index (χ0n) is 14.8. The molecule has 0 saturated heterocycles. The lowest BCUT2D eigenvalue weighted by atomic mass is 10.0. The highest BCUT2D eigenvalue weighted by Gasteiger charge is 2.04. The Morgan fingerprint density at radius 3 is 2.44 bits per heavy atom. The maximum absolute atomic E-state index is 11.3. The summed E-state index contributed by atoms with van der Waals surface area (Å²) in [6.07, 6.45) is 1.17. The lowest BCUT2D eigenvalue weighted by molar-refractivity contribution is 0.100. The van der Waals surface area contributed by atoms with Gasteiger partial charge >= 0.3 is 0 Å². The molecule has 0 saturated carbocycles. The van der Waals surface area contributed by atoms with Gasteiger partial charge in [0.2, 0.25) is 5.91 Å². The molecular formula is C20H27ClN2O2. The first-order valence-electron chi connectivity index (χ1n) is 8.40. The van der Waals surface area contributed by atoms with E-state index >= 15 is 0 Å².